The third-order valence-corrected chi connectivity index (χ3v) is 2.73. The molecule has 0 aliphatic heterocycles. The fraction of sp³-hybridized carbons (Fsp3) is 0.333. The van der Waals surface area contributed by atoms with Crippen molar-refractivity contribution in [2.75, 3.05) is 17.7 Å². The van der Waals surface area contributed by atoms with Crippen molar-refractivity contribution in [3.05, 3.63) is 30.5 Å². The van der Waals surface area contributed by atoms with Crippen LogP contribution >= 0.6 is 0 Å². The van der Waals surface area contributed by atoms with Crippen LogP contribution < -0.4 is 10.6 Å². The zero-order valence-electron chi connectivity index (χ0n) is 12.7. The molecule has 6 nitrogen and oxygen atoms in total. The number of carbonyl (C=O) groups excluding carboxylic acids is 1. The second-order valence-corrected chi connectivity index (χ2v) is 5.77. The highest BCUT2D eigenvalue weighted by Crippen LogP contribution is 2.22. The van der Waals surface area contributed by atoms with Crippen LogP contribution in [-0.2, 0) is 4.74 Å². The topological polar surface area (TPSA) is 84.2 Å². The molecule has 112 valence electrons. The standard InChI is InChI=1S/C15H20N4O2/c1-15(2,3)21-14(20)19(4)13-17-9-12(18-13)10-6-5-7-11(16)8-10/h5-9H,16H2,1-4H3,(H,17,18). The number of rotatable bonds is 2. The number of H-pyrrole nitrogens is 1. The van der Waals surface area contributed by atoms with Gasteiger partial charge in [0.25, 0.3) is 0 Å². The summed E-state index contributed by atoms with van der Waals surface area (Å²) in [5.74, 6) is 0.418. The lowest BCUT2D eigenvalue weighted by molar-refractivity contribution is 0.0587. The fourth-order valence-electron chi connectivity index (χ4n) is 1.75. The van der Waals surface area contributed by atoms with Crippen molar-refractivity contribution in [1.29, 1.82) is 0 Å². The molecular formula is C15H20N4O2. The van der Waals surface area contributed by atoms with Gasteiger partial charge >= 0.3 is 6.09 Å². The highest BCUT2D eigenvalue weighted by molar-refractivity contribution is 5.85. The Morgan fingerprint density at radius 2 is 2.10 bits per heavy atom. The molecule has 0 aliphatic carbocycles. The third kappa shape index (κ3) is 3.75. The number of benzene rings is 1. The first-order valence-corrected chi connectivity index (χ1v) is 6.64. The molecule has 6 heteroatoms. The van der Waals surface area contributed by atoms with Crippen molar-refractivity contribution in [1.82, 2.24) is 9.97 Å². The van der Waals surface area contributed by atoms with E-state index in [-0.39, 0.29) is 0 Å². The van der Waals surface area contributed by atoms with Crippen LogP contribution in [0.25, 0.3) is 11.3 Å². The number of imidazole rings is 1. The van der Waals surface area contributed by atoms with Gasteiger partial charge in [-0.15, -0.1) is 0 Å². The van der Waals surface area contributed by atoms with Gasteiger partial charge in [0.05, 0.1) is 5.69 Å². The van der Waals surface area contributed by atoms with Crippen molar-refractivity contribution >= 4 is 17.7 Å². The van der Waals surface area contributed by atoms with Crippen LogP contribution in [0.1, 0.15) is 20.8 Å². The Bertz CT molecular complexity index is 643. The van der Waals surface area contributed by atoms with E-state index in [4.69, 9.17) is 10.5 Å². The van der Waals surface area contributed by atoms with E-state index in [9.17, 15) is 4.79 Å². The van der Waals surface area contributed by atoms with Crippen molar-refractivity contribution in [3.63, 3.8) is 0 Å². The van der Waals surface area contributed by atoms with Crippen molar-refractivity contribution in [3.8, 4) is 11.3 Å². The van der Waals surface area contributed by atoms with E-state index in [0.717, 1.165) is 5.56 Å². The van der Waals surface area contributed by atoms with E-state index in [0.29, 0.717) is 17.3 Å². The Morgan fingerprint density at radius 1 is 1.38 bits per heavy atom. The molecule has 0 unspecified atom stereocenters. The summed E-state index contributed by atoms with van der Waals surface area (Å²) >= 11 is 0. The predicted octanol–water partition coefficient (Wildman–Crippen LogP) is 3.03. The summed E-state index contributed by atoms with van der Waals surface area (Å²) < 4.78 is 5.29. The van der Waals surface area contributed by atoms with E-state index in [1.165, 1.54) is 4.90 Å². The maximum atomic E-state index is 12.0. The number of nitrogens with one attached hydrogen (secondary N) is 1. The molecule has 0 atom stereocenters. The quantitative estimate of drug-likeness (QED) is 0.832. The number of aromatic amines is 1. The second-order valence-electron chi connectivity index (χ2n) is 5.77. The smallest absolute Gasteiger partial charge is 0.416 e. The van der Waals surface area contributed by atoms with E-state index < -0.39 is 11.7 Å². The van der Waals surface area contributed by atoms with Crippen LogP contribution in [0.3, 0.4) is 0 Å². The molecule has 0 bridgehead atoms. The van der Waals surface area contributed by atoms with Crippen LogP contribution in [0.15, 0.2) is 30.5 Å². The number of nitrogens with two attached hydrogens (primary N) is 1. The van der Waals surface area contributed by atoms with Gasteiger partial charge in [-0.25, -0.2) is 9.78 Å². The molecule has 0 spiro atoms. The van der Waals surface area contributed by atoms with Gasteiger partial charge in [0.2, 0.25) is 5.95 Å². The highest BCUT2D eigenvalue weighted by Gasteiger charge is 2.22. The predicted molar refractivity (Wildman–Crippen MR) is 83.1 cm³/mol. The average Bonchev–Trinajstić information content (AvgIpc) is 2.85. The monoisotopic (exact) mass is 288 g/mol. The second kappa shape index (κ2) is 5.47. The molecule has 0 saturated heterocycles. The first-order chi connectivity index (χ1) is 9.76. The van der Waals surface area contributed by atoms with Gasteiger partial charge in [-0.2, -0.15) is 0 Å². The number of nitrogens with zero attached hydrogens (tertiary/aromatic N) is 2. The first kappa shape index (κ1) is 14.9. The molecular weight excluding hydrogens is 268 g/mol. The zero-order chi connectivity index (χ0) is 15.6. The maximum Gasteiger partial charge on any atom is 0.416 e. The molecule has 1 heterocycles. The van der Waals surface area contributed by atoms with Crippen molar-refractivity contribution < 1.29 is 9.53 Å². The number of hydrogen-bond acceptors (Lipinski definition) is 4. The summed E-state index contributed by atoms with van der Waals surface area (Å²) in [5, 5.41) is 0. The molecule has 2 rings (SSSR count). The lowest BCUT2D eigenvalue weighted by atomic mass is 10.1. The number of ether oxygens (including phenoxy) is 1. The summed E-state index contributed by atoms with van der Waals surface area (Å²) in [6, 6.07) is 7.40. The van der Waals surface area contributed by atoms with Gasteiger partial charge in [0.15, 0.2) is 0 Å². The Morgan fingerprint density at radius 3 is 2.71 bits per heavy atom. The van der Waals surface area contributed by atoms with E-state index in [1.54, 1.807) is 13.2 Å². The molecule has 0 saturated carbocycles. The lowest BCUT2D eigenvalue weighted by Gasteiger charge is -2.23. The summed E-state index contributed by atoms with van der Waals surface area (Å²) in [7, 11) is 1.61. The number of aromatic nitrogens is 2. The minimum atomic E-state index is -0.547. The maximum absolute atomic E-state index is 12.0. The Hall–Kier alpha value is -2.50. The normalized spacial score (nSPS) is 11.2. The zero-order valence-corrected chi connectivity index (χ0v) is 12.7. The summed E-state index contributed by atoms with van der Waals surface area (Å²) in [6.07, 6.45) is 1.27. The number of nitrogen functional groups attached to an aromatic ring is 1. The van der Waals surface area contributed by atoms with Crippen LogP contribution in [0.2, 0.25) is 0 Å². The molecule has 3 N–H and O–H groups in total. The highest BCUT2D eigenvalue weighted by atomic mass is 16.6. The van der Waals surface area contributed by atoms with Gasteiger partial charge in [-0.05, 0) is 32.9 Å². The number of hydrogen-bond donors (Lipinski definition) is 2. The van der Waals surface area contributed by atoms with Crippen LogP contribution in [0.4, 0.5) is 16.4 Å². The van der Waals surface area contributed by atoms with Crippen LogP contribution in [0, 0.1) is 0 Å². The molecule has 0 radical (unpaired) electrons. The molecule has 1 aromatic heterocycles. The minimum absolute atomic E-state index is 0.418. The number of amides is 1. The van der Waals surface area contributed by atoms with E-state index >= 15 is 0 Å². The Kier molecular flexibility index (Phi) is 3.88. The van der Waals surface area contributed by atoms with Crippen LogP contribution in [0.5, 0.6) is 0 Å². The van der Waals surface area contributed by atoms with Gasteiger partial charge in [0.1, 0.15) is 5.60 Å². The summed E-state index contributed by atoms with van der Waals surface area (Å²) in [6.45, 7) is 5.46. The molecule has 1 amide bonds. The molecule has 1 aromatic carbocycles. The number of anilines is 2. The summed E-state index contributed by atoms with van der Waals surface area (Å²) in [5.41, 5.74) is 7.47. The van der Waals surface area contributed by atoms with Gasteiger partial charge in [-0.1, -0.05) is 12.1 Å². The van der Waals surface area contributed by atoms with Gasteiger partial charge < -0.3 is 15.5 Å². The molecule has 21 heavy (non-hydrogen) atoms. The van der Waals surface area contributed by atoms with E-state index in [2.05, 4.69) is 9.97 Å². The first-order valence-electron chi connectivity index (χ1n) is 6.64. The SMILES string of the molecule is CN(C(=O)OC(C)(C)C)c1nc(-c2cccc(N)c2)c[nH]1. The summed E-state index contributed by atoms with van der Waals surface area (Å²) in [4.78, 5) is 20.7. The fourth-order valence-corrected chi connectivity index (χ4v) is 1.75. The van der Waals surface area contributed by atoms with Crippen LogP contribution in [-0.4, -0.2) is 28.7 Å². The Balaban J connectivity index is 2.18. The number of carbonyl (C=O) groups is 1. The molecule has 0 fully saturated rings. The van der Waals surface area contributed by atoms with E-state index in [1.807, 2.05) is 45.0 Å². The minimum Gasteiger partial charge on any atom is -0.443 e. The molecule has 2 aromatic rings. The largest absolute Gasteiger partial charge is 0.443 e. The average molecular weight is 288 g/mol. The van der Waals surface area contributed by atoms with Crippen molar-refractivity contribution in [2.45, 2.75) is 26.4 Å². The van der Waals surface area contributed by atoms with Gasteiger partial charge in [0, 0.05) is 24.5 Å². The lowest BCUT2D eigenvalue weighted by Crippen LogP contribution is -2.34. The van der Waals surface area contributed by atoms with Gasteiger partial charge in [-0.3, -0.25) is 4.90 Å². The van der Waals surface area contributed by atoms with Crippen molar-refractivity contribution in [2.24, 2.45) is 0 Å². The Labute approximate surface area is 123 Å². The third-order valence-electron chi connectivity index (χ3n) is 2.73. The molecule has 0 aliphatic rings.